The van der Waals surface area contributed by atoms with Crippen LogP contribution in [-0.4, -0.2) is 166 Å². The van der Waals surface area contributed by atoms with Crippen LogP contribution in [-0.2, 0) is 27.3 Å². The number of urea groups is 2. The number of carbonyl (C=O) groups is 3. The number of nitrogens with two attached hydrogens (primary N) is 1. The van der Waals surface area contributed by atoms with Crippen LogP contribution in [0.1, 0.15) is 96.7 Å². The van der Waals surface area contributed by atoms with E-state index in [2.05, 4.69) is 66.0 Å². The zero-order chi connectivity index (χ0) is 58.4. The maximum atomic E-state index is 12.5. The SMILES string of the molecule is CC(C)(C)OC(=O)N1CC(n2cc(N)cn2)C1.Cc1cc(-c2ccnc(Cl)n2)ccc1CNC(=O)N1CC(OC(C)(C)C)C1.Cc1cc(-c2ccnc(Nc3cnn(C4CN(C)C4)c3)n2)ccc1CNC(=O)N1CC(OC(C)(C)C)C1. The van der Waals surface area contributed by atoms with Gasteiger partial charge in [-0.3, -0.25) is 9.36 Å². The zero-order valence-electron chi connectivity index (χ0n) is 48.7. The molecule has 6 aromatic rings. The Kier molecular flexibility index (Phi) is 18.6. The summed E-state index contributed by atoms with van der Waals surface area (Å²) in [6, 6.07) is 16.4. The third kappa shape index (κ3) is 17.1. The van der Waals surface area contributed by atoms with Gasteiger partial charge in [-0.2, -0.15) is 10.2 Å². The van der Waals surface area contributed by atoms with Crippen molar-refractivity contribution in [2.45, 2.75) is 130 Å². The number of likely N-dealkylation sites (N-methyl/N-ethyl adjacent to an activating group) is 1. The predicted molar refractivity (Wildman–Crippen MR) is 312 cm³/mol. The molecule has 0 atom stereocenters. The maximum absolute atomic E-state index is 12.5. The van der Waals surface area contributed by atoms with Gasteiger partial charge in [-0.1, -0.05) is 24.3 Å². The van der Waals surface area contributed by atoms with Gasteiger partial charge < -0.3 is 55.5 Å². The van der Waals surface area contributed by atoms with Crippen molar-refractivity contribution < 1.29 is 28.6 Å². The number of benzene rings is 2. The maximum Gasteiger partial charge on any atom is 0.410 e. The van der Waals surface area contributed by atoms with E-state index in [1.54, 1.807) is 50.4 Å². The van der Waals surface area contributed by atoms with Crippen LogP contribution in [0.5, 0.6) is 0 Å². The molecule has 4 aliphatic heterocycles. The highest BCUT2D eigenvalue weighted by Crippen LogP contribution is 2.28. The third-order valence-corrected chi connectivity index (χ3v) is 13.7. The van der Waals surface area contributed by atoms with Gasteiger partial charge in [0.15, 0.2) is 0 Å². The number of nitrogen functional groups attached to an aromatic ring is 1. The molecule has 434 valence electrons. The molecule has 0 aliphatic carbocycles. The number of halogens is 1. The largest absolute Gasteiger partial charge is 0.444 e. The van der Waals surface area contributed by atoms with Gasteiger partial charge in [0.1, 0.15) is 5.60 Å². The molecule has 23 heteroatoms. The quantitative estimate of drug-likeness (QED) is 0.0838. The number of aromatic nitrogens is 8. The highest BCUT2D eigenvalue weighted by atomic mass is 35.5. The molecular weight excluding hydrogens is 1050 g/mol. The molecule has 4 saturated heterocycles. The normalized spacial score (nSPS) is 16.1. The lowest BCUT2D eigenvalue weighted by atomic mass is 10.0. The molecule has 4 aromatic heterocycles. The molecule has 5 amide bonds. The Morgan fingerprint density at radius 2 is 1.12 bits per heavy atom. The van der Waals surface area contributed by atoms with E-state index in [-0.39, 0.29) is 52.9 Å². The van der Waals surface area contributed by atoms with Crippen molar-refractivity contribution in [3.63, 3.8) is 0 Å². The van der Waals surface area contributed by atoms with E-state index in [1.165, 1.54) is 0 Å². The van der Waals surface area contributed by atoms with Crippen molar-refractivity contribution >= 4 is 47.1 Å². The summed E-state index contributed by atoms with van der Waals surface area (Å²) in [7, 11) is 2.11. The fraction of sp³-hybridized carbons (Fsp3) is 0.500. The molecule has 0 unspecified atom stereocenters. The second-order valence-electron chi connectivity index (χ2n) is 24.1. The van der Waals surface area contributed by atoms with E-state index in [0.717, 1.165) is 63.5 Å². The van der Waals surface area contributed by atoms with Gasteiger partial charge in [0.2, 0.25) is 11.2 Å². The third-order valence-electron chi connectivity index (χ3n) is 13.5. The van der Waals surface area contributed by atoms with Crippen LogP contribution in [0.2, 0.25) is 5.28 Å². The van der Waals surface area contributed by atoms with Crippen molar-refractivity contribution in [1.82, 2.24) is 69.7 Å². The molecule has 0 bridgehead atoms. The highest BCUT2D eigenvalue weighted by molar-refractivity contribution is 6.28. The standard InChI is InChI=1S/C27H36N8O2.C20H25ClN4O2.C11H18N4O2/c1-18-10-19(6-7-20(18)11-29-26(36)34-16-23(17-34)37-27(2,3)4)24-8-9-28-25(32-24)31-21-12-30-35(13-21)22-14-33(5)15-22;1-13-9-14(17-7-8-22-18(21)24-17)5-6-15(13)10-23-19(26)25-11-16(12-25)27-20(2,3)4;1-11(2,3)17-10(16)14-6-9(7-14)15-5-8(12)4-13-15/h6-10,12-13,22-23H,11,14-17H2,1-5H3,(H,29,36)(H,28,31,32);5-9,16H,10-12H2,1-4H3,(H,23,26);4-5,9H,6-7,12H2,1-3H3. The average molecular weight is 1130 g/mol. The van der Waals surface area contributed by atoms with Gasteiger partial charge in [-0.05, 0) is 141 Å². The first-order valence-electron chi connectivity index (χ1n) is 27.4. The molecular formula is C58H79ClN16O6. The fourth-order valence-corrected chi connectivity index (χ4v) is 9.47. The summed E-state index contributed by atoms with van der Waals surface area (Å²) in [6.45, 7) is 28.6. The van der Waals surface area contributed by atoms with Crippen LogP contribution >= 0.6 is 11.6 Å². The number of hydrogen-bond acceptors (Lipinski definition) is 15. The summed E-state index contributed by atoms with van der Waals surface area (Å²) in [6.07, 6.45) is 10.5. The Balaban J connectivity index is 0.000000171. The number of likely N-dealkylation sites (tertiary alicyclic amines) is 4. The molecule has 0 spiro atoms. The number of aryl methyl sites for hydroxylation is 2. The lowest BCUT2D eigenvalue weighted by Gasteiger charge is -2.41. The minimum absolute atomic E-state index is 0.0589. The van der Waals surface area contributed by atoms with Gasteiger partial charge >= 0.3 is 18.2 Å². The smallest absolute Gasteiger partial charge is 0.410 e. The Bertz CT molecular complexity index is 3120. The topological polar surface area (TPSA) is 241 Å². The van der Waals surface area contributed by atoms with Crippen LogP contribution in [0, 0.1) is 13.8 Å². The Morgan fingerprint density at radius 3 is 1.59 bits per heavy atom. The molecule has 81 heavy (non-hydrogen) atoms. The first-order chi connectivity index (χ1) is 38.2. The van der Waals surface area contributed by atoms with Gasteiger partial charge in [0, 0.05) is 75.2 Å². The summed E-state index contributed by atoms with van der Waals surface area (Å²) in [5, 5.41) is 18.1. The summed E-state index contributed by atoms with van der Waals surface area (Å²) in [4.78, 5) is 61.1. The lowest BCUT2D eigenvalue weighted by molar-refractivity contribution is -0.111. The number of nitrogens with one attached hydrogen (secondary N) is 3. The number of rotatable bonds is 12. The lowest BCUT2D eigenvalue weighted by Crippen LogP contribution is -2.59. The average Bonchev–Trinajstić information content (AvgIpc) is 4.17. The molecule has 0 radical (unpaired) electrons. The second-order valence-corrected chi connectivity index (χ2v) is 24.4. The Labute approximate surface area is 480 Å². The second kappa shape index (κ2) is 25.2. The van der Waals surface area contributed by atoms with E-state index in [4.69, 9.17) is 36.5 Å². The minimum atomic E-state index is -0.446. The Hall–Kier alpha value is -7.40. The van der Waals surface area contributed by atoms with Gasteiger partial charge in [0.05, 0.1) is 96.8 Å². The zero-order valence-corrected chi connectivity index (χ0v) is 49.5. The molecule has 4 fully saturated rings. The number of ether oxygens (including phenoxy) is 3. The molecule has 5 N–H and O–H groups in total. The Morgan fingerprint density at radius 1 is 0.630 bits per heavy atom. The summed E-state index contributed by atoms with van der Waals surface area (Å²) < 4.78 is 20.8. The number of hydrogen-bond donors (Lipinski definition) is 4. The first-order valence-corrected chi connectivity index (χ1v) is 27.8. The van der Waals surface area contributed by atoms with Crippen LogP contribution in [0.3, 0.4) is 0 Å². The van der Waals surface area contributed by atoms with Crippen molar-refractivity contribution in [1.29, 1.82) is 0 Å². The van der Waals surface area contributed by atoms with E-state index < -0.39 is 5.60 Å². The molecule has 2 aromatic carbocycles. The van der Waals surface area contributed by atoms with Gasteiger partial charge in [-0.25, -0.2) is 34.3 Å². The van der Waals surface area contributed by atoms with Gasteiger partial charge in [0.25, 0.3) is 0 Å². The molecule has 8 heterocycles. The fourth-order valence-electron chi connectivity index (χ4n) is 9.32. The summed E-state index contributed by atoms with van der Waals surface area (Å²) in [5.74, 6) is 0.528. The van der Waals surface area contributed by atoms with E-state index >= 15 is 0 Å². The summed E-state index contributed by atoms with van der Waals surface area (Å²) >= 11 is 5.86. The van der Waals surface area contributed by atoms with Crippen molar-refractivity contribution in [3.8, 4) is 22.5 Å². The molecule has 4 aliphatic rings. The molecule has 10 rings (SSSR count). The molecule has 22 nitrogen and oxygen atoms in total. The predicted octanol–water partition coefficient (Wildman–Crippen LogP) is 8.66. The number of anilines is 3. The van der Waals surface area contributed by atoms with Crippen LogP contribution in [0.4, 0.5) is 31.7 Å². The van der Waals surface area contributed by atoms with Crippen molar-refractivity contribution in [2.24, 2.45) is 0 Å². The van der Waals surface area contributed by atoms with E-state index in [1.807, 2.05) is 123 Å². The van der Waals surface area contributed by atoms with Crippen molar-refractivity contribution in [2.75, 3.05) is 70.5 Å². The van der Waals surface area contributed by atoms with Gasteiger partial charge in [-0.15, -0.1) is 0 Å². The number of carbonyl (C=O) groups excluding carboxylic acids is 3. The molecule has 0 saturated carbocycles. The van der Waals surface area contributed by atoms with Crippen LogP contribution in [0.25, 0.3) is 22.5 Å². The summed E-state index contributed by atoms with van der Waals surface area (Å²) in [5.41, 5.74) is 14.2. The van der Waals surface area contributed by atoms with E-state index in [9.17, 15) is 14.4 Å². The van der Waals surface area contributed by atoms with E-state index in [0.29, 0.717) is 70.0 Å². The monoisotopic (exact) mass is 1130 g/mol. The first kappa shape index (κ1) is 59.7. The number of nitrogens with zero attached hydrogens (tertiary/aromatic N) is 12. The number of amides is 5. The van der Waals surface area contributed by atoms with Crippen LogP contribution < -0.4 is 21.7 Å². The van der Waals surface area contributed by atoms with Crippen LogP contribution in [0.15, 0.2) is 85.7 Å². The van der Waals surface area contributed by atoms with Crippen molar-refractivity contribution in [3.05, 3.63) is 113 Å². The minimum Gasteiger partial charge on any atom is -0.444 e. The highest BCUT2D eigenvalue weighted by Gasteiger charge is 2.37.